The smallest absolute Gasteiger partial charge is 0.356 e. The van der Waals surface area contributed by atoms with Crippen LogP contribution in [0.4, 0.5) is 24.5 Å². The number of hydrazone groups is 1. The van der Waals surface area contributed by atoms with Gasteiger partial charge in [-0.15, -0.1) is 0 Å². The van der Waals surface area contributed by atoms with Gasteiger partial charge in [0.1, 0.15) is 0 Å². The molecule has 1 atom stereocenters. The van der Waals surface area contributed by atoms with Crippen LogP contribution in [-0.2, 0) is 11.0 Å². The molecule has 0 aromatic heterocycles. The van der Waals surface area contributed by atoms with Gasteiger partial charge in [0, 0.05) is 23.7 Å². The molecule has 0 aliphatic carbocycles. The molecule has 25 heavy (non-hydrogen) atoms. The predicted molar refractivity (Wildman–Crippen MR) is 89.6 cm³/mol. The molecule has 1 heterocycles. The monoisotopic (exact) mass is 347 g/mol. The molecule has 1 amide bonds. The fraction of sp³-hybridized carbons (Fsp3) is 0.222. The van der Waals surface area contributed by atoms with Gasteiger partial charge in [-0.2, -0.15) is 18.3 Å². The van der Waals surface area contributed by atoms with Crippen molar-refractivity contribution in [3.8, 4) is 0 Å². The fourth-order valence-corrected chi connectivity index (χ4v) is 2.64. The Kier molecular flexibility index (Phi) is 4.48. The lowest BCUT2D eigenvalue weighted by Crippen LogP contribution is -2.31. The number of nitrogens with zero attached hydrogens (tertiary/aromatic N) is 1. The first-order valence-corrected chi connectivity index (χ1v) is 7.74. The van der Waals surface area contributed by atoms with Gasteiger partial charge < -0.3 is 5.32 Å². The molecule has 2 aromatic rings. The first kappa shape index (κ1) is 17.0. The standard InChI is InChI=1S/C18H16F3N3O/c1-11-10-16(25)23-24-17(11)12-2-6-14(7-3-12)22-15-8-4-13(5-9-15)18(19,20)21/h2-9,11,22H,10H2,1H3,(H,23,25)/t11-/m1/s1. The summed E-state index contributed by atoms with van der Waals surface area (Å²) >= 11 is 0. The molecule has 130 valence electrons. The summed E-state index contributed by atoms with van der Waals surface area (Å²) in [5, 5.41) is 7.15. The van der Waals surface area contributed by atoms with Crippen molar-refractivity contribution in [3.05, 3.63) is 59.7 Å². The van der Waals surface area contributed by atoms with Crippen LogP contribution in [0, 0.1) is 5.92 Å². The summed E-state index contributed by atoms with van der Waals surface area (Å²) in [6.07, 6.45) is -3.95. The third-order valence-electron chi connectivity index (χ3n) is 3.94. The Hall–Kier alpha value is -2.83. The summed E-state index contributed by atoms with van der Waals surface area (Å²) in [5.74, 6) is -0.0701. The number of hydrogen-bond acceptors (Lipinski definition) is 3. The fourth-order valence-electron chi connectivity index (χ4n) is 2.64. The summed E-state index contributed by atoms with van der Waals surface area (Å²) in [5.41, 5.74) is 4.81. The first-order chi connectivity index (χ1) is 11.8. The lowest BCUT2D eigenvalue weighted by molar-refractivity contribution is -0.137. The van der Waals surface area contributed by atoms with Gasteiger partial charge in [0.05, 0.1) is 11.3 Å². The van der Waals surface area contributed by atoms with E-state index in [9.17, 15) is 18.0 Å². The van der Waals surface area contributed by atoms with Gasteiger partial charge in [0.25, 0.3) is 0 Å². The molecule has 3 rings (SSSR count). The van der Waals surface area contributed by atoms with Gasteiger partial charge in [-0.05, 0) is 42.0 Å². The summed E-state index contributed by atoms with van der Waals surface area (Å²) < 4.78 is 37.7. The predicted octanol–water partition coefficient (Wildman–Crippen LogP) is 4.31. The van der Waals surface area contributed by atoms with E-state index in [0.717, 1.165) is 29.1 Å². The number of anilines is 2. The van der Waals surface area contributed by atoms with Gasteiger partial charge in [-0.25, -0.2) is 5.43 Å². The number of hydrogen-bond donors (Lipinski definition) is 2. The van der Waals surface area contributed by atoms with Gasteiger partial charge in [0.15, 0.2) is 0 Å². The van der Waals surface area contributed by atoms with E-state index >= 15 is 0 Å². The molecule has 0 saturated heterocycles. The zero-order chi connectivity index (χ0) is 18.0. The third kappa shape index (κ3) is 3.99. The topological polar surface area (TPSA) is 53.5 Å². The van der Waals surface area contributed by atoms with E-state index in [1.54, 1.807) is 0 Å². The van der Waals surface area contributed by atoms with E-state index < -0.39 is 11.7 Å². The van der Waals surface area contributed by atoms with Crippen molar-refractivity contribution in [1.29, 1.82) is 0 Å². The lowest BCUT2D eigenvalue weighted by atomic mass is 9.94. The molecule has 2 aromatic carbocycles. The second-order valence-electron chi connectivity index (χ2n) is 5.91. The minimum atomic E-state index is -4.34. The van der Waals surface area contributed by atoms with E-state index in [-0.39, 0.29) is 11.8 Å². The molecule has 0 spiro atoms. The van der Waals surface area contributed by atoms with Gasteiger partial charge in [-0.3, -0.25) is 4.79 Å². The van der Waals surface area contributed by atoms with Crippen LogP contribution in [0.15, 0.2) is 53.6 Å². The van der Waals surface area contributed by atoms with Crippen molar-refractivity contribution >= 4 is 23.0 Å². The zero-order valence-electron chi connectivity index (χ0n) is 13.4. The first-order valence-electron chi connectivity index (χ1n) is 7.74. The molecule has 7 heteroatoms. The van der Waals surface area contributed by atoms with E-state index in [0.29, 0.717) is 12.1 Å². The van der Waals surface area contributed by atoms with Crippen LogP contribution < -0.4 is 10.7 Å². The highest BCUT2D eigenvalue weighted by molar-refractivity contribution is 6.05. The van der Waals surface area contributed by atoms with E-state index in [1.165, 1.54) is 12.1 Å². The number of amides is 1. The average Bonchev–Trinajstić information content (AvgIpc) is 2.56. The number of nitrogens with one attached hydrogen (secondary N) is 2. The highest BCUT2D eigenvalue weighted by atomic mass is 19.4. The summed E-state index contributed by atoms with van der Waals surface area (Å²) in [4.78, 5) is 11.3. The van der Waals surface area contributed by atoms with Crippen molar-refractivity contribution in [2.45, 2.75) is 19.5 Å². The van der Waals surface area contributed by atoms with Gasteiger partial charge in [0.2, 0.25) is 5.91 Å². The van der Waals surface area contributed by atoms with Crippen LogP contribution in [0.3, 0.4) is 0 Å². The Morgan fingerprint density at radius 2 is 1.60 bits per heavy atom. The molecule has 0 saturated carbocycles. The second kappa shape index (κ2) is 6.58. The van der Waals surface area contributed by atoms with Crippen LogP contribution >= 0.6 is 0 Å². The van der Waals surface area contributed by atoms with Crippen LogP contribution in [0.2, 0.25) is 0 Å². The van der Waals surface area contributed by atoms with Crippen molar-refractivity contribution < 1.29 is 18.0 Å². The molecule has 1 aliphatic heterocycles. The number of halogens is 3. The molecular formula is C18H16F3N3O. The Balaban J connectivity index is 1.72. The van der Waals surface area contributed by atoms with Crippen molar-refractivity contribution in [2.24, 2.45) is 11.0 Å². The normalized spacial score (nSPS) is 17.7. The molecule has 4 nitrogen and oxygen atoms in total. The largest absolute Gasteiger partial charge is 0.416 e. The van der Waals surface area contributed by atoms with Gasteiger partial charge >= 0.3 is 6.18 Å². The average molecular weight is 347 g/mol. The van der Waals surface area contributed by atoms with E-state index in [1.807, 2.05) is 31.2 Å². The molecule has 0 unspecified atom stereocenters. The maximum Gasteiger partial charge on any atom is 0.416 e. The van der Waals surface area contributed by atoms with Crippen LogP contribution in [0.5, 0.6) is 0 Å². The molecule has 2 N–H and O–H groups in total. The lowest BCUT2D eigenvalue weighted by Gasteiger charge is -2.19. The minimum Gasteiger partial charge on any atom is -0.356 e. The van der Waals surface area contributed by atoms with Crippen molar-refractivity contribution in [2.75, 3.05) is 5.32 Å². The summed E-state index contributed by atoms with van der Waals surface area (Å²) in [6.45, 7) is 1.94. The highest BCUT2D eigenvalue weighted by Gasteiger charge is 2.29. The molecule has 0 radical (unpaired) electrons. The SMILES string of the molecule is C[C@@H]1CC(=O)NN=C1c1ccc(Nc2ccc(C(F)(F)F)cc2)cc1. The number of carbonyl (C=O) groups is 1. The van der Waals surface area contributed by atoms with Crippen LogP contribution in [0.1, 0.15) is 24.5 Å². The molecule has 1 aliphatic rings. The Morgan fingerprint density at radius 3 is 2.12 bits per heavy atom. The summed E-state index contributed by atoms with van der Waals surface area (Å²) in [7, 11) is 0. The number of rotatable bonds is 3. The maximum atomic E-state index is 12.6. The van der Waals surface area contributed by atoms with E-state index in [4.69, 9.17) is 0 Å². The minimum absolute atomic E-state index is 0.0301. The van der Waals surface area contributed by atoms with Crippen LogP contribution in [0.25, 0.3) is 0 Å². The Labute approximate surface area is 142 Å². The molecular weight excluding hydrogens is 331 g/mol. The second-order valence-corrected chi connectivity index (χ2v) is 5.91. The number of carbonyl (C=O) groups excluding carboxylic acids is 1. The van der Waals surface area contributed by atoms with Crippen LogP contribution in [-0.4, -0.2) is 11.6 Å². The highest BCUT2D eigenvalue weighted by Crippen LogP contribution is 2.30. The van der Waals surface area contributed by atoms with E-state index in [2.05, 4.69) is 15.8 Å². The zero-order valence-corrected chi connectivity index (χ0v) is 13.4. The number of alkyl halides is 3. The third-order valence-corrected chi connectivity index (χ3v) is 3.94. The molecule has 0 fully saturated rings. The quantitative estimate of drug-likeness (QED) is 0.869. The Morgan fingerprint density at radius 1 is 1.04 bits per heavy atom. The summed E-state index contributed by atoms with van der Waals surface area (Å²) in [6, 6.07) is 12.2. The number of benzene rings is 2. The van der Waals surface area contributed by atoms with Crippen molar-refractivity contribution in [3.63, 3.8) is 0 Å². The van der Waals surface area contributed by atoms with Gasteiger partial charge in [-0.1, -0.05) is 19.1 Å². The molecule has 0 bridgehead atoms. The Bertz CT molecular complexity index is 796. The van der Waals surface area contributed by atoms with Crippen molar-refractivity contribution in [1.82, 2.24) is 5.43 Å². The maximum absolute atomic E-state index is 12.6.